The molecule has 0 bridgehead atoms. The van der Waals surface area contributed by atoms with E-state index in [4.69, 9.17) is 9.47 Å². The fraction of sp³-hybridized carbons (Fsp3) is 0.500. The molecular weight excluding hydrogens is 268 g/mol. The van der Waals surface area contributed by atoms with Crippen LogP contribution in [0, 0.1) is 10.1 Å². The highest BCUT2D eigenvalue weighted by molar-refractivity contribution is 5.67. The van der Waals surface area contributed by atoms with Crippen LogP contribution in [0.1, 0.15) is 37.6 Å². The van der Waals surface area contributed by atoms with Crippen molar-refractivity contribution in [1.29, 1.82) is 0 Å². The van der Waals surface area contributed by atoms with Gasteiger partial charge in [-0.3, -0.25) is 19.7 Å². The van der Waals surface area contributed by atoms with Crippen molar-refractivity contribution in [3.8, 4) is 0 Å². The second-order valence-corrected chi connectivity index (χ2v) is 4.50. The van der Waals surface area contributed by atoms with Crippen LogP contribution in [-0.2, 0) is 32.2 Å². The van der Waals surface area contributed by atoms with Crippen molar-refractivity contribution < 1.29 is 24.0 Å². The molecule has 2 heterocycles. The van der Waals surface area contributed by atoms with Crippen LogP contribution in [0.4, 0.5) is 5.69 Å². The van der Waals surface area contributed by atoms with Gasteiger partial charge in [-0.25, -0.2) is 0 Å². The smallest absolute Gasteiger partial charge is 0.303 e. The predicted molar refractivity (Wildman–Crippen MR) is 65.7 cm³/mol. The molecule has 0 aromatic carbocycles. The molecule has 0 radical (unpaired) electrons. The highest BCUT2D eigenvalue weighted by Crippen LogP contribution is 2.38. The lowest BCUT2D eigenvalue weighted by atomic mass is 10.1. The molecule has 8 heteroatoms. The van der Waals surface area contributed by atoms with E-state index < -0.39 is 23.0 Å². The summed E-state index contributed by atoms with van der Waals surface area (Å²) in [6, 6.07) is 0. The topological polar surface area (TPSA) is 101 Å². The largest absolute Gasteiger partial charge is 0.461 e. The first-order valence-corrected chi connectivity index (χ1v) is 6.07. The number of aryl methyl sites for hydroxylation is 1. The first kappa shape index (κ1) is 14.0. The number of hydrogen-bond donors (Lipinski definition) is 0. The van der Waals surface area contributed by atoms with Crippen molar-refractivity contribution in [2.75, 3.05) is 0 Å². The van der Waals surface area contributed by atoms with Gasteiger partial charge in [0.1, 0.15) is 12.7 Å². The van der Waals surface area contributed by atoms with Crippen LogP contribution in [-0.4, -0.2) is 21.4 Å². The molecule has 0 aliphatic carbocycles. The van der Waals surface area contributed by atoms with Gasteiger partial charge in [-0.15, -0.1) is 0 Å². The third kappa shape index (κ3) is 2.63. The first-order valence-electron chi connectivity index (χ1n) is 6.07. The Bertz CT molecular complexity index is 577. The third-order valence-electron chi connectivity index (χ3n) is 3.07. The molecule has 0 saturated carbocycles. The van der Waals surface area contributed by atoms with E-state index in [-0.39, 0.29) is 17.9 Å². The Hall–Kier alpha value is -2.38. The summed E-state index contributed by atoms with van der Waals surface area (Å²) in [5.41, 5.74) is 0.695. The van der Waals surface area contributed by atoms with Gasteiger partial charge in [-0.05, 0) is 0 Å². The van der Waals surface area contributed by atoms with E-state index in [9.17, 15) is 19.7 Å². The van der Waals surface area contributed by atoms with Gasteiger partial charge >= 0.3 is 11.9 Å². The van der Waals surface area contributed by atoms with Crippen LogP contribution in [0.2, 0.25) is 0 Å². The van der Waals surface area contributed by atoms with Gasteiger partial charge in [-0.1, -0.05) is 0 Å². The second-order valence-electron chi connectivity index (χ2n) is 4.50. The summed E-state index contributed by atoms with van der Waals surface area (Å²) in [7, 11) is 0. The summed E-state index contributed by atoms with van der Waals surface area (Å²) in [5.74, 6) is -0.980. The summed E-state index contributed by atoms with van der Waals surface area (Å²) in [6.45, 7) is 2.83. The second kappa shape index (κ2) is 5.32. The number of carbonyl (C=O) groups is 2. The summed E-state index contributed by atoms with van der Waals surface area (Å²) in [5, 5.41) is 11.0. The van der Waals surface area contributed by atoms with Gasteiger partial charge in [0.15, 0.2) is 0 Å². The Labute approximate surface area is 114 Å². The maximum Gasteiger partial charge on any atom is 0.303 e. The number of carbonyl (C=O) groups excluding carboxylic acids is 2. The third-order valence-corrected chi connectivity index (χ3v) is 3.07. The maximum absolute atomic E-state index is 11.1. The Morgan fingerprint density at radius 3 is 2.70 bits per heavy atom. The minimum Gasteiger partial charge on any atom is -0.461 e. The Morgan fingerprint density at radius 1 is 1.45 bits per heavy atom. The van der Waals surface area contributed by atoms with Crippen molar-refractivity contribution in [1.82, 2.24) is 4.57 Å². The summed E-state index contributed by atoms with van der Waals surface area (Å²) >= 11 is 0. The van der Waals surface area contributed by atoms with Crippen molar-refractivity contribution in [2.45, 2.75) is 39.5 Å². The zero-order valence-electron chi connectivity index (χ0n) is 11.1. The molecular formula is C12H14N2O6. The van der Waals surface area contributed by atoms with Crippen molar-refractivity contribution >= 4 is 17.6 Å². The molecule has 1 atom stereocenters. The zero-order chi connectivity index (χ0) is 14.9. The average Bonchev–Trinajstić information content (AvgIpc) is 2.86. The lowest BCUT2D eigenvalue weighted by molar-refractivity contribution is -0.385. The fourth-order valence-electron chi connectivity index (χ4n) is 2.35. The van der Waals surface area contributed by atoms with Crippen LogP contribution < -0.4 is 0 Å². The predicted octanol–water partition coefficient (Wildman–Crippen LogP) is 1.47. The molecule has 0 fully saturated rings. The van der Waals surface area contributed by atoms with Crippen LogP contribution in [0.3, 0.4) is 0 Å². The Morgan fingerprint density at radius 2 is 2.15 bits per heavy atom. The summed E-state index contributed by atoms with van der Waals surface area (Å²) in [4.78, 5) is 32.5. The quantitative estimate of drug-likeness (QED) is 0.471. The molecule has 1 aliphatic rings. The monoisotopic (exact) mass is 282 g/mol. The number of ether oxygens (including phenoxy) is 2. The van der Waals surface area contributed by atoms with E-state index in [0.29, 0.717) is 18.7 Å². The molecule has 20 heavy (non-hydrogen) atoms. The average molecular weight is 282 g/mol. The molecule has 1 aromatic rings. The van der Waals surface area contributed by atoms with E-state index in [2.05, 4.69) is 0 Å². The van der Waals surface area contributed by atoms with E-state index in [1.54, 1.807) is 4.57 Å². The van der Waals surface area contributed by atoms with Crippen LogP contribution in [0.5, 0.6) is 0 Å². The van der Waals surface area contributed by atoms with E-state index in [1.165, 1.54) is 20.0 Å². The number of fused-ring (bicyclic) bond motifs is 1. The number of hydrogen-bond acceptors (Lipinski definition) is 6. The van der Waals surface area contributed by atoms with Crippen LogP contribution in [0.25, 0.3) is 0 Å². The molecule has 0 amide bonds. The minimum atomic E-state index is -0.535. The number of nitro groups is 1. The van der Waals surface area contributed by atoms with E-state index in [0.717, 1.165) is 0 Å². The molecule has 2 rings (SSSR count). The number of aromatic nitrogens is 1. The number of rotatable bonds is 4. The maximum atomic E-state index is 11.1. The standard InChI is InChI=1S/C12H14N2O6/c1-7(15)19-6-9-10(14(17)18)5-13-4-3-11(12(9)13)20-8(2)16/h5,11H,3-4,6H2,1-2H3. The lowest BCUT2D eigenvalue weighted by Gasteiger charge is -2.12. The van der Waals surface area contributed by atoms with Gasteiger partial charge < -0.3 is 14.0 Å². The van der Waals surface area contributed by atoms with Gasteiger partial charge in [0.05, 0.1) is 22.4 Å². The molecule has 108 valence electrons. The van der Waals surface area contributed by atoms with Crippen LogP contribution >= 0.6 is 0 Å². The highest BCUT2D eigenvalue weighted by Gasteiger charge is 2.35. The molecule has 1 aliphatic heterocycles. The first-order chi connectivity index (χ1) is 9.40. The summed E-state index contributed by atoms with van der Waals surface area (Å²) < 4.78 is 11.7. The van der Waals surface area contributed by atoms with Crippen molar-refractivity contribution in [3.05, 3.63) is 27.6 Å². The van der Waals surface area contributed by atoms with Gasteiger partial charge in [-0.2, -0.15) is 0 Å². The molecule has 1 unspecified atom stereocenters. The molecule has 0 saturated heterocycles. The molecule has 0 N–H and O–H groups in total. The zero-order valence-corrected chi connectivity index (χ0v) is 11.1. The molecule has 8 nitrogen and oxygen atoms in total. The van der Waals surface area contributed by atoms with Gasteiger partial charge in [0.25, 0.3) is 5.69 Å². The van der Waals surface area contributed by atoms with Crippen molar-refractivity contribution in [3.63, 3.8) is 0 Å². The number of esters is 2. The lowest BCUT2D eigenvalue weighted by Crippen LogP contribution is -2.09. The van der Waals surface area contributed by atoms with Crippen LogP contribution in [0.15, 0.2) is 6.20 Å². The molecule has 1 aromatic heterocycles. The minimum absolute atomic E-state index is 0.127. The van der Waals surface area contributed by atoms with E-state index >= 15 is 0 Å². The van der Waals surface area contributed by atoms with E-state index in [1.807, 2.05) is 0 Å². The van der Waals surface area contributed by atoms with Gasteiger partial charge in [0.2, 0.25) is 0 Å². The SMILES string of the molecule is CC(=O)OCc1c([N+](=O)[O-])cn2c1C(OC(C)=O)CC2. The van der Waals surface area contributed by atoms with Gasteiger partial charge in [0, 0.05) is 26.8 Å². The highest BCUT2D eigenvalue weighted by atomic mass is 16.6. The Kier molecular flexibility index (Phi) is 3.73. The number of nitrogens with zero attached hydrogens (tertiary/aromatic N) is 2. The Balaban J connectivity index is 2.38. The summed E-state index contributed by atoms with van der Waals surface area (Å²) in [6.07, 6.45) is 1.41. The normalized spacial score (nSPS) is 16.6. The van der Waals surface area contributed by atoms with Crippen molar-refractivity contribution in [2.24, 2.45) is 0 Å². The molecule has 0 spiro atoms. The fourth-order valence-corrected chi connectivity index (χ4v) is 2.35.